The number of nitrogens with one attached hydrogen (secondary N) is 1. The Kier molecular flexibility index (Phi) is 3.75. The zero-order valence-electron chi connectivity index (χ0n) is 14.2. The van der Waals surface area contributed by atoms with Gasteiger partial charge < -0.3 is 11.1 Å². The molecule has 0 atom stereocenters. The van der Waals surface area contributed by atoms with E-state index in [2.05, 4.69) is 10.3 Å². The van der Waals surface area contributed by atoms with Crippen LogP contribution in [0.4, 0.5) is 17.2 Å². The molecule has 3 rings (SSSR count). The number of carbonyl (C=O) groups is 2. The molecule has 2 heterocycles. The fourth-order valence-corrected chi connectivity index (χ4v) is 2.82. The number of imide groups is 1. The minimum atomic E-state index is -0.319. The molecule has 124 valence electrons. The predicted molar refractivity (Wildman–Crippen MR) is 93.5 cm³/mol. The molecule has 1 aromatic heterocycles. The average Bonchev–Trinajstić information content (AvgIpc) is 2.74. The quantitative estimate of drug-likeness (QED) is 0.669. The van der Waals surface area contributed by atoms with E-state index in [9.17, 15) is 9.59 Å². The van der Waals surface area contributed by atoms with Gasteiger partial charge in [-0.2, -0.15) is 0 Å². The average molecular weight is 324 g/mol. The molecule has 6 nitrogen and oxygen atoms in total. The van der Waals surface area contributed by atoms with Crippen LogP contribution in [0.25, 0.3) is 0 Å². The second kappa shape index (κ2) is 5.63. The molecule has 0 saturated carbocycles. The number of aryl methyl sites for hydroxylation is 2. The summed E-state index contributed by atoms with van der Waals surface area (Å²) in [6, 6.07) is 6.99. The van der Waals surface area contributed by atoms with E-state index in [4.69, 9.17) is 5.73 Å². The summed E-state index contributed by atoms with van der Waals surface area (Å²) in [7, 11) is 0. The van der Waals surface area contributed by atoms with E-state index in [1.165, 1.54) is 4.90 Å². The maximum Gasteiger partial charge on any atom is 0.265 e. The van der Waals surface area contributed by atoms with Crippen LogP contribution in [0.3, 0.4) is 0 Å². The highest BCUT2D eigenvalue weighted by Crippen LogP contribution is 2.32. The Labute approximate surface area is 140 Å². The molecule has 2 amide bonds. The first kappa shape index (κ1) is 16.0. The van der Waals surface area contributed by atoms with Gasteiger partial charge in [0.25, 0.3) is 11.8 Å². The summed E-state index contributed by atoms with van der Waals surface area (Å²) in [6.45, 7) is 7.35. The first-order valence-corrected chi connectivity index (χ1v) is 7.82. The predicted octanol–water partition coefficient (Wildman–Crippen LogP) is 3.03. The van der Waals surface area contributed by atoms with Crippen LogP contribution >= 0.6 is 0 Å². The maximum absolute atomic E-state index is 12.7. The number of anilines is 3. The van der Waals surface area contributed by atoms with E-state index in [1.54, 1.807) is 19.1 Å². The van der Waals surface area contributed by atoms with Crippen molar-refractivity contribution in [2.75, 3.05) is 11.1 Å². The van der Waals surface area contributed by atoms with Crippen LogP contribution in [-0.2, 0) is 0 Å². The smallest absolute Gasteiger partial charge is 0.265 e. The molecule has 24 heavy (non-hydrogen) atoms. The van der Waals surface area contributed by atoms with Crippen LogP contribution in [0, 0.1) is 13.8 Å². The molecule has 3 N–H and O–H groups in total. The molecule has 0 saturated heterocycles. The number of carbonyl (C=O) groups excluding carboxylic acids is 2. The van der Waals surface area contributed by atoms with Crippen LogP contribution in [0.1, 0.15) is 45.8 Å². The van der Waals surface area contributed by atoms with Gasteiger partial charge in [-0.25, -0.2) is 4.98 Å². The fraction of sp³-hybridized carbons (Fsp3) is 0.278. The zero-order chi connectivity index (χ0) is 17.6. The Hall–Kier alpha value is -2.89. The lowest BCUT2D eigenvalue weighted by Gasteiger charge is -2.18. The van der Waals surface area contributed by atoms with Gasteiger partial charge in [0.15, 0.2) is 0 Å². The minimum absolute atomic E-state index is 0.208. The third-order valence-electron chi connectivity index (χ3n) is 4.09. The standard InChI is InChI=1S/C18H20N4O2/c1-9(2)22-17(23)13-7-11(4)20-16(15(13)18(22)24)21-12-6-5-10(3)14(19)8-12/h5-9H,19H2,1-4H3,(H,20,21). The molecule has 0 radical (unpaired) electrons. The van der Waals surface area contributed by atoms with Gasteiger partial charge in [0.05, 0.1) is 11.1 Å². The highest BCUT2D eigenvalue weighted by Gasteiger charge is 2.40. The van der Waals surface area contributed by atoms with Crippen LogP contribution in [-0.4, -0.2) is 27.7 Å². The van der Waals surface area contributed by atoms with Crippen molar-refractivity contribution >= 4 is 29.0 Å². The lowest BCUT2D eigenvalue weighted by Crippen LogP contribution is -2.36. The summed E-state index contributed by atoms with van der Waals surface area (Å²) in [5.74, 6) is -0.211. The molecule has 0 fully saturated rings. The van der Waals surface area contributed by atoms with Crippen molar-refractivity contribution in [3.05, 3.63) is 46.6 Å². The molecule has 0 unspecified atom stereocenters. The first-order chi connectivity index (χ1) is 11.3. The van der Waals surface area contributed by atoms with Crippen molar-refractivity contribution in [2.24, 2.45) is 0 Å². The molecule has 1 aliphatic rings. The molecule has 1 aliphatic heterocycles. The Bertz CT molecular complexity index is 858. The van der Waals surface area contributed by atoms with Crippen LogP contribution in [0.15, 0.2) is 24.3 Å². The number of aromatic nitrogens is 1. The Morgan fingerprint density at radius 2 is 1.83 bits per heavy atom. The molecular formula is C18H20N4O2. The molecule has 0 spiro atoms. The number of rotatable bonds is 3. The molecule has 0 aliphatic carbocycles. The van der Waals surface area contributed by atoms with E-state index >= 15 is 0 Å². The third-order valence-corrected chi connectivity index (χ3v) is 4.09. The highest BCUT2D eigenvalue weighted by atomic mass is 16.2. The summed E-state index contributed by atoms with van der Waals surface area (Å²) in [5, 5.41) is 3.13. The summed E-state index contributed by atoms with van der Waals surface area (Å²) >= 11 is 0. The third kappa shape index (κ3) is 2.50. The highest BCUT2D eigenvalue weighted by molar-refractivity contribution is 6.23. The summed E-state index contributed by atoms with van der Waals surface area (Å²) < 4.78 is 0. The van der Waals surface area contributed by atoms with Crippen LogP contribution in [0.2, 0.25) is 0 Å². The van der Waals surface area contributed by atoms with Crippen LogP contribution in [0.5, 0.6) is 0 Å². The number of hydrogen-bond donors (Lipinski definition) is 2. The summed E-state index contributed by atoms with van der Waals surface area (Å²) in [4.78, 5) is 30.9. The molecule has 0 bridgehead atoms. The van der Waals surface area contributed by atoms with Gasteiger partial charge in [0.2, 0.25) is 0 Å². The minimum Gasteiger partial charge on any atom is -0.398 e. The van der Waals surface area contributed by atoms with Gasteiger partial charge in [0.1, 0.15) is 5.82 Å². The van der Waals surface area contributed by atoms with Gasteiger partial charge in [0, 0.05) is 23.1 Å². The van der Waals surface area contributed by atoms with Gasteiger partial charge >= 0.3 is 0 Å². The summed E-state index contributed by atoms with van der Waals surface area (Å²) in [5.41, 5.74) is 9.66. The Balaban J connectivity index is 2.08. The largest absolute Gasteiger partial charge is 0.398 e. The van der Waals surface area contributed by atoms with E-state index in [1.807, 2.05) is 32.9 Å². The normalized spacial score (nSPS) is 13.6. The summed E-state index contributed by atoms with van der Waals surface area (Å²) in [6.07, 6.45) is 0. The van der Waals surface area contributed by atoms with E-state index in [0.29, 0.717) is 28.3 Å². The van der Waals surface area contributed by atoms with Crippen molar-refractivity contribution in [3.63, 3.8) is 0 Å². The van der Waals surface area contributed by atoms with Gasteiger partial charge in [-0.15, -0.1) is 0 Å². The molecule has 6 heteroatoms. The van der Waals surface area contributed by atoms with Crippen LogP contribution < -0.4 is 11.1 Å². The molecular weight excluding hydrogens is 304 g/mol. The Morgan fingerprint density at radius 1 is 1.12 bits per heavy atom. The first-order valence-electron chi connectivity index (χ1n) is 7.82. The second-order valence-electron chi connectivity index (χ2n) is 6.31. The molecule has 2 aromatic rings. The fourth-order valence-electron chi connectivity index (χ4n) is 2.82. The number of nitrogens with two attached hydrogens (primary N) is 1. The number of nitrogens with zero attached hydrogens (tertiary/aromatic N) is 2. The Morgan fingerprint density at radius 3 is 2.46 bits per heavy atom. The van der Waals surface area contributed by atoms with Gasteiger partial charge in [-0.1, -0.05) is 6.07 Å². The number of benzene rings is 1. The van der Waals surface area contributed by atoms with Crippen molar-refractivity contribution < 1.29 is 9.59 Å². The molecule has 1 aromatic carbocycles. The monoisotopic (exact) mass is 324 g/mol. The number of fused-ring (bicyclic) bond motifs is 1. The van der Waals surface area contributed by atoms with Crippen molar-refractivity contribution in [2.45, 2.75) is 33.7 Å². The van der Waals surface area contributed by atoms with E-state index in [0.717, 1.165) is 11.3 Å². The lowest BCUT2D eigenvalue weighted by atomic mass is 10.1. The van der Waals surface area contributed by atoms with E-state index < -0.39 is 0 Å². The number of hydrogen-bond acceptors (Lipinski definition) is 5. The topological polar surface area (TPSA) is 88.3 Å². The maximum atomic E-state index is 12.7. The second-order valence-corrected chi connectivity index (χ2v) is 6.31. The van der Waals surface area contributed by atoms with Crippen molar-refractivity contribution in [1.29, 1.82) is 0 Å². The van der Waals surface area contributed by atoms with Crippen molar-refractivity contribution in [1.82, 2.24) is 9.88 Å². The van der Waals surface area contributed by atoms with Crippen molar-refractivity contribution in [3.8, 4) is 0 Å². The lowest BCUT2D eigenvalue weighted by molar-refractivity contribution is 0.0609. The van der Waals surface area contributed by atoms with Gasteiger partial charge in [-0.3, -0.25) is 14.5 Å². The number of nitrogen functional groups attached to an aromatic ring is 1. The number of pyridine rings is 1. The number of amides is 2. The SMILES string of the molecule is Cc1cc2c(c(Nc3ccc(C)c(N)c3)n1)C(=O)N(C(C)C)C2=O. The van der Waals surface area contributed by atoms with Gasteiger partial charge in [-0.05, 0) is 51.5 Å². The van der Waals surface area contributed by atoms with E-state index in [-0.39, 0.29) is 17.9 Å². The zero-order valence-corrected chi connectivity index (χ0v) is 14.2.